The Hall–Kier alpha value is -2.27. The molecule has 2 heterocycles. The molecule has 25 heavy (non-hydrogen) atoms. The van der Waals surface area contributed by atoms with E-state index in [1.165, 1.54) is 19.3 Å². The lowest BCUT2D eigenvalue weighted by atomic mass is 10.1. The summed E-state index contributed by atoms with van der Waals surface area (Å²) in [5.41, 5.74) is 1.03. The summed E-state index contributed by atoms with van der Waals surface area (Å²) in [6.07, 6.45) is 5.36. The van der Waals surface area contributed by atoms with E-state index in [4.69, 9.17) is 9.15 Å². The molecule has 0 aliphatic carbocycles. The van der Waals surface area contributed by atoms with Crippen LogP contribution in [0.15, 0.2) is 47.1 Å². The number of hydrogen-bond acceptors (Lipinski definition) is 4. The first-order chi connectivity index (χ1) is 12.2. The quantitative estimate of drug-likeness (QED) is 0.839. The van der Waals surface area contributed by atoms with Gasteiger partial charge in [0.1, 0.15) is 11.5 Å². The highest BCUT2D eigenvalue weighted by Gasteiger charge is 2.24. The van der Waals surface area contributed by atoms with Gasteiger partial charge in [-0.25, -0.2) is 0 Å². The van der Waals surface area contributed by atoms with Gasteiger partial charge in [-0.05, 0) is 56.6 Å². The molecule has 1 atom stereocenters. The van der Waals surface area contributed by atoms with Crippen molar-refractivity contribution in [1.29, 1.82) is 0 Å². The second kappa shape index (κ2) is 8.72. The van der Waals surface area contributed by atoms with Crippen molar-refractivity contribution < 1.29 is 13.9 Å². The molecule has 1 aliphatic rings. The van der Waals surface area contributed by atoms with Crippen molar-refractivity contribution in [2.45, 2.75) is 32.2 Å². The van der Waals surface area contributed by atoms with E-state index in [1.807, 2.05) is 43.3 Å². The van der Waals surface area contributed by atoms with Crippen molar-refractivity contribution in [3.63, 3.8) is 0 Å². The van der Waals surface area contributed by atoms with Gasteiger partial charge in [0.05, 0.1) is 12.3 Å². The topological polar surface area (TPSA) is 54.7 Å². The van der Waals surface area contributed by atoms with Gasteiger partial charge < -0.3 is 14.5 Å². The van der Waals surface area contributed by atoms with Crippen molar-refractivity contribution in [1.82, 2.24) is 10.2 Å². The van der Waals surface area contributed by atoms with Crippen LogP contribution in [0, 0.1) is 6.92 Å². The van der Waals surface area contributed by atoms with Crippen LogP contribution in [0.3, 0.4) is 0 Å². The van der Waals surface area contributed by atoms with Crippen LogP contribution in [0.5, 0.6) is 5.75 Å². The number of carbonyl (C=O) groups excluding carboxylic acids is 1. The number of nitrogens with one attached hydrogen (secondary N) is 1. The molecule has 3 rings (SSSR count). The fourth-order valence-corrected chi connectivity index (χ4v) is 3.24. The number of benzene rings is 1. The molecule has 0 spiro atoms. The molecule has 134 valence electrons. The molecule has 0 bridgehead atoms. The third-order valence-electron chi connectivity index (χ3n) is 4.65. The van der Waals surface area contributed by atoms with Gasteiger partial charge in [0.2, 0.25) is 0 Å². The number of para-hydroxylation sites is 1. The molecule has 1 N–H and O–H groups in total. The van der Waals surface area contributed by atoms with Gasteiger partial charge in [0.25, 0.3) is 5.91 Å². The molecule has 5 nitrogen and oxygen atoms in total. The molecule has 1 aliphatic heterocycles. The first kappa shape index (κ1) is 17.5. The van der Waals surface area contributed by atoms with Gasteiger partial charge in [-0.15, -0.1) is 0 Å². The van der Waals surface area contributed by atoms with E-state index in [0.717, 1.165) is 30.2 Å². The average Bonchev–Trinajstić information content (AvgIpc) is 3.16. The summed E-state index contributed by atoms with van der Waals surface area (Å²) >= 11 is 0. The molecule has 0 unspecified atom stereocenters. The Morgan fingerprint density at radius 1 is 1.20 bits per heavy atom. The molecule has 1 aromatic carbocycles. The van der Waals surface area contributed by atoms with Crippen molar-refractivity contribution in [3.05, 3.63) is 54.0 Å². The SMILES string of the molecule is Cc1ccccc1OCC(=O)NC[C@H](c1ccco1)N1CCCCC1. The van der Waals surface area contributed by atoms with E-state index in [1.54, 1.807) is 6.26 Å². The van der Waals surface area contributed by atoms with Crippen molar-refractivity contribution in [3.8, 4) is 5.75 Å². The zero-order valence-electron chi connectivity index (χ0n) is 14.7. The molecule has 5 heteroatoms. The van der Waals surface area contributed by atoms with Crippen LogP contribution in [0.2, 0.25) is 0 Å². The van der Waals surface area contributed by atoms with E-state index < -0.39 is 0 Å². The third-order valence-corrected chi connectivity index (χ3v) is 4.65. The van der Waals surface area contributed by atoms with Crippen LogP contribution in [-0.2, 0) is 4.79 Å². The normalized spacial score (nSPS) is 16.4. The number of furan rings is 1. The highest BCUT2D eigenvalue weighted by Crippen LogP contribution is 2.24. The number of ether oxygens (including phenoxy) is 1. The molecule has 1 aromatic heterocycles. The minimum Gasteiger partial charge on any atom is -0.484 e. The van der Waals surface area contributed by atoms with Crippen LogP contribution in [0.4, 0.5) is 0 Å². The summed E-state index contributed by atoms with van der Waals surface area (Å²) in [7, 11) is 0. The predicted molar refractivity (Wildman–Crippen MR) is 96.6 cm³/mol. The first-order valence-corrected chi connectivity index (χ1v) is 8.96. The van der Waals surface area contributed by atoms with Gasteiger partial charge >= 0.3 is 0 Å². The van der Waals surface area contributed by atoms with E-state index in [-0.39, 0.29) is 18.6 Å². The van der Waals surface area contributed by atoms with Crippen LogP contribution >= 0.6 is 0 Å². The fourth-order valence-electron chi connectivity index (χ4n) is 3.24. The summed E-state index contributed by atoms with van der Waals surface area (Å²) < 4.78 is 11.2. The van der Waals surface area contributed by atoms with E-state index >= 15 is 0 Å². The van der Waals surface area contributed by atoms with Crippen LogP contribution in [0.1, 0.15) is 36.6 Å². The number of piperidine rings is 1. The summed E-state index contributed by atoms with van der Waals surface area (Å²) in [5.74, 6) is 1.54. The monoisotopic (exact) mass is 342 g/mol. The third kappa shape index (κ3) is 4.86. The van der Waals surface area contributed by atoms with Crippen molar-refractivity contribution >= 4 is 5.91 Å². The van der Waals surface area contributed by atoms with Gasteiger partial charge in [0, 0.05) is 6.54 Å². The first-order valence-electron chi connectivity index (χ1n) is 8.96. The minimum atomic E-state index is -0.114. The lowest BCUT2D eigenvalue weighted by Crippen LogP contribution is -2.41. The van der Waals surface area contributed by atoms with E-state index in [9.17, 15) is 4.79 Å². The smallest absolute Gasteiger partial charge is 0.258 e. The molecule has 1 saturated heterocycles. The molecular formula is C20H26N2O3. The molecular weight excluding hydrogens is 316 g/mol. The van der Waals surface area contributed by atoms with E-state index in [0.29, 0.717) is 6.54 Å². The number of aryl methyl sites for hydroxylation is 1. The van der Waals surface area contributed by atoms with Crippen molar-refractivity contribution in [2.24, 2.45) is 0 Å². The van der Waals surface area contributed by atoms with Gasteiger partial charge in [-0.2, -0.15) is 0 Å². The predicted octanol–water partition coefficient (Wildman–Crippen LogP) is 3.31. The highest BCUT2D eigenvalue weighted by molar-refractivity contribution is 5.77. The lowest BCUT2D eigenvalue weighted by Gasteiger charge is -2.33. The Bertz CT molecular complexity index is 663. The zero-order chi connectivity index (χ0) is 17.5. The molecule has 0 radical (unpaired) electrons. The fraction of sp³-hybridized carbons (Fsp3) is 0.450. The number of carbonyl (C=O) groups is 1. The van der Waals surface area contributed by atoms with Crippen LogP contribution in [0.25, 0.3) is 0 Å². The maximum absolute atomic E-state index is 12.2. The molecule has 1 amide bonds. The number of likely N-dealkylation sites (tertiary alicyclic amines) is 1. The summed E-state index contributed by atoms with van der Waals surface area (Å²) in [6, 6.07) is 11.7. The minimum absolute atomic E-state index is 0.0235. The van der Waals surface area contributed by atoms with Gasteiger partial charge in [0.15, 0.2) is 6.61 Å². The maximum Gasteiger partial charge on any atom is 0.258 e. The Balaban J connectivity index is 1.53. The Morgan fingerprint density at radius 2 is 2.00 bits per heavy atom. The number of nitrogens with zero attached hydrogens (tertiary/aromatic N) is 1. The number of hydrogen-bond donors (Lipinski definition) is 1. The largest absolute Gasteiger partial charge is 0.484 e. The maximum atomic E-state index is 12.2. The van der Waals surface area contributed by atoms with Gasteiger partial charge in [-0.3, -0.25) is 9.69 Å². The Labute approximate surface area is 149 Å². The zero-order valence-corrected chi connectivity index (χ0v) is 14.7. The molecule has 1 fully saturated rings. The van der Waals surface area contributed by atoms with Crippen molar-refractivity contribution in [2.75, 3.05) is 26.2 Å². The Kier molecular flexibility index (Phi) is 6.12. The molecule has 2 aromatic rings. The average molecular weight is 342 g/mol. The highest BCUT2D eigenvalue weighted by atomic mass is 16.5. The molecule has 0 saturated carbocycles. The second-order valence-electron chi connectivity index (χ2n) is 6.49. The standard InChI is InChI=1S/C20H26N2O3/c1-16-8-3-4-9-18(16)25-15-20(23)21-14-17(19-10-7-13-24-19)22-11-5-2-6-12-22/h3-4,7-10,13,17H,2,5-6,11-12,14-15H2,1H3,(H,21,23)/t17-/m1/s1. The van der Waals surface area contributed by atoms with Crippen LogP contribution in [-0.4, -0.2) is 37.0 Å². The van der Waals surface area contributed by atoms with Crippen LogP contribution < -0.4 is 10.1 Å². The van der Waals surface area contributed by atoms with Gasteiger partial charge in [-0.1, -0.05) is 24.6 Å². The lowest BCUT2D eigenvalue weighted by molar-refractivity contribution is -0.123. The summed E-state index contributed by atoms with van der Waals surface area (Å²) in [4.78, 5) is 14.6. The summed E-state index contributed by atoms with van der Waals surface area (Å²) in [6.45, 7) is 4.61. The number of amides is 1. The second-order valence-corrected chi connectivity index (χ2v) is 6.49. The Morgan fingerprint density at radius 3 is 2.72 bits per heavy atom. The van der Waals surface area contributed by atoms with E-state index in [2.05, 4.69) is 10.2 Å². The summed E-state index contributed by atoms with van der Waals surface area (Å²) in [5, 5.41) is 2.99. The number of rotatable bonds is 7.